The molecule has 0 spiro atoms. The molecule has 0 aliphatic carbocycles. The molecule has 2 rings (SSSR count). The van der Waals surface area contributed by atoms with Crippen molar-refractivity contribution in [3.05, 3.63) is 39.2 Å². The second kappa shape index (κ2) is 4.82. The van der Waals surface area contributed by atoms with Gasteiger partial charge in [0.15, 0.2) is 0 Å². The van der Waals surface area contributed by atoms with E-state index in [4.69, 9.17) is 20.9 Å². The predicted molar refractivity (Wildman–Crippen MR) is 77.2 cm³/mol. The highest BCUT2D eigenvalue weighted by atomic mass is 35.5. The summed E-state index contributed by atoms with van der Waals surface area (Å²) in [5.74, 6) is 1.73. The van der Waals surface area contributed by atoms with E-state index in [2.05, 4.69) is 4.98 Å². The molecule has 19 heavy (non-hydrogen) atoms. The van der Waals surface area contributed by atoms with E-state index in [9.17, 15) is 4.79 Å². The molecular formula is C13H17BClNO3. The van der Waals surface area contributed by atoms with Gasteiger partial charge in [0.05, 0.1) is 11.2 Å². The number of nitrogens with one attached hydrogen (secondary N) is 1. The van der Waals surface area contributed by atoms with Gasteiger partial charge >= 0.3 is 7.12 Å². The van der Waals surface area contributed by atoms with E-state index in [1.54, 1.807) is 24.2 Å². The molecule has 0 atom stereocenters. The van der Waals surface area contributed by atoms with E-state index in [1.165, 1.54) is 0 Å². The van der Waals surface area contributed by atoms with Crippen LogP contribution < -0.4 is 5.56 Å². The van der Waals surface area contributed by atoms with Crippen molar-refractivity contribution < 1.29 is 9.31 Å². The van der Waals surface area contributed by atoms with Gasteiger partial charge in [0.2, 0.25) is 0 Å². The molecule has 0 bridgehead atoms. The number of hydrogen-bond acceptors (Lipinski definition) is 3. The van der Waals surface area contributed by atoms with Crippen molar-refractivity contribution >= 4 is 24.8 Å². The summed E-state index contributed by atoms with van der Waals surface area (Å²) < 4.78 is 11.6. The van der Waals surface area contributed by atoms with Crippen molar-refractivity contribution in [1.29, 1.82) is 0 Å². The summed E-state index contributed by atoms with van der Waals surface area (Å²) in [4.78, 5) is 14.2. The van der Waals surface area contributed by atoms with Crippen LogP contribution in [0.1, 0.15) is 33.3 Å². The average Bonchev–Trinajstić information content (AvgIpc) is 2.46. The molecule has 1 aromatic heterocycles. The third-order valence-corrected chi connectivity index (χ3v) is 3.83. The summed E-state index contributed by atoms with van der Waals surface area (Å²) in [5, 5.41) is 0.317. The molecular weight excluding hydrogens is 264 g/mol. The Kier molecular flexibility index (Phi) is 3.64. The topological polar surface area (TPSA) is 51.3 Å². The molecule has 1 saturated heterocycles. The highest BCUT2D eigenvalue weighted by molar-refractivity contribution is 6.52. The van der Waals surface area contributed by atoms with Crippen LogP contribution in [-0.4, -0.2) is 23.3 Å². The molecule has 1 N–H and O–H groups in total. The van der Waals surface area contributed by atoms with Crippen molar-refractivity contribution in [3.63, 3.8) is 0 Å². The van der Waals surface area contributed by atoms with Crippen molar-refractivity contribution in [2.24, 2.45) is 0 Å². The molecule has 1 fully saturated rings. The Morgan fingerprint density at radius 1 is 1.21 bits per heavy atom. The molecule has 0 unspecified atom stereocenters. The van der Waals surface area contributed by atoms with Gasteiger partial charge in [0, 0.05) is 5.56 Å². The summed E-state index contributed by atoms with van der Waals surface area (Å²) in [5.41, 5.74) is -0.484. The predicted octanol–water partition coefficient (Wildman–Crippen LogP) is 2.67. The van der Waals surface area contributed by atoms with Crippen LogP contribution in [0, 0.1) is 0 Å². The zero-order chi connectivity index (χ0) is 14.3. The second-order valence-corrected chi connectivity index (χ2v) is 5.98. The molecule has 0 radical (unpaired) electrons. The number of aromatic amines is 1. The first kappa shape index (κ1) is 14.4. The maximum atomic E-state index is 11.6. The summed E-state index contributed by atoms with van der Waals surface area (Å²) in [6, 6.07) is 3.29. The molecule has 1 aromatic rings. The molecule has 0 amide bonds. The van der Waals surface area contributed by atoms with Gasteiger partial charge in [-0.15, -0.1) is 0 Å². The van der Waals surface area contributed by atoms with E-state index in [0.717, 1.165) is 0 Å². The largest absolute Gasteiger partial charge is 0.487 e. The van der Waals surface area contributed by atoms with E-state index < -0.39 is 7.12 Å². The monoisotopic (exact) mass is 281 g/mol. The SMILES string of the molecule is CC1(C)OB(/C=C/c2ccc(Cl)[nH]c2=O)OC1(C)C. The highest BCUT2D eigenvalue weighted by Gasteiger charge is 2.49. The smallest absolute Gasteiger partial charge is 0.400 e. The molecule has 1 aliphatic rings. The number of hydrogen-bond donors (Lipinski definition) is 1. The lowest BCUT2D eigenvalue weighted by Gasteiger charge is -2.32. The highest BCUT2D eigenvalue weighted by Crippen LogP contribution is 2.36. The summed E-state index contributed by atoms with van der Waals surface area (Å²) >= 11 is 5.69. The second-order valence-electron chi connectivity index (χ2n) is 5.57. The number of halogens is 1. The Labute approximate surface area is 117 Å². The zero-order valence-corrected chi connectivity index (χ0v) is 12.2. The maximum absolute atomic E-state index is 11.6. The van der Waals surface area contributed by atoms with Crippen LogP contribution in [0.4, 0.5) is 0 Å². The van der Waals surface area contributed by atoms with E-state index in [-0.39, 0.29) is 16.8 Å². The number of rotatable bonds is 2. The Morgan fingerprint density at radius 3 is 2.32 bits per heavy atom. The van der Waals surface area contributed by atoms with E-state index >= 15 is 0 Å². The van der Waals surface area contributed by atoms with Crippen LogP contribution in [0.15, 0.2) is 22.9 Å². The number of pyridine rings is 1. The fourth-order valence-electron chi connectivity index (χ4n) is 1.74. The van der Waals surface area contributed by atoms with Gasteiger partial charge in [-0.25, -0.2) is 0 Å². The molecule has 0 saturated carbocycles. The number of H-pyrrole nitrogens is 1. The van der Waals surface area contributed by atoms with Crippen LogP contribution in [0.3, 0.4) is 0 Å². The van der Waals surface area contributed by atoms with E-state index in [1.807, 2.05) is 27.7 Å². The molecule has 2 heterocycles. The van der Waals surface area contributed by atoms with Crippen LogP contribution in [0.25, 0.3) is 6.08 Å². The van der Waals surface area contributed by atoms with Gasteiger partial charge in [0.1, 0.15) is 5.15 Å². The molecule has 1 aliphatic heterocycles. The summed E-state index contributed by atoms with van der Waals surface area (Å²) in [6.07, 6.45) is 1.68. The fraction of sp³-hybridized carbons (Fsp3) is 0.462. The lowest BCUT2D eigenvalue weighted by atomic mass is 9.89. The summed E-state index contributed by atoms with van der Waals surface area (Å²) in [7, 11) is -0.458. The minimum Gasteiger partial charge on any atom is -0.400 e. The first-order valence-corrected chi connectivity index (χ1v) is 6.52. The van der Waals surface area contributed by atoms with Crippen molar-refractivity contribution in [2.75, 3.05) is 0 Å². The Bertz CT molecular complexity index is 549. The quantitative estimate of drug-likeness (QED) is 0.670. The van der Waals surface area contributed by atoms with Gasteiger partial charge in [-0.05, 0) is 39.8 Å². The molecule has 0 aromatic carbocycles. The fourth-order valence-corrected chi connectivity index (χ4v) is 1.89. The molecule has 4 nitrogen and oxygen atoms in total. The van der Waals surface area contributed by atoms with Gasteiger partial charge < -0.3 is 14.3 Å². The van der Waals surface area contributed by atoms with Crippen LogP contribution in [0.5, 0.6) is 0 Å². The Balaban J connectivity index is 2.15. The zero-order valence-electron chi connectivity index (χ0n) is 11.5. The Hall–Kier alpha value is -1.04. The maximum Gasteiger partial charge on any atom is 0.487 e. The van der Waals surface area contributed by atoms with E-state index in [0.29, 0.717) is 10.7 Å². The van der Waals surface area contributed by atoms with Gasteiger partial charge in [-0.2, -0.15) is 0 Å². The van der Waals surface area contributed by atoms with Crippen molar-refractivity contribution in [2.45, 2.75) is 38.9 Å². The lowest BCUT2D eigenvalue weighted by molar-refractivity contribution is 0.00578. The summed E-state index contributed by atoms with van der Waals surface area (Å²) in [6.45, 7) is 7.93. The lowest BCUT2D eigenvalue weighted by Crippen LogP contribution is -2.41. The van der Waals surface area contributed by atoms with Crippen molar-refractivity contribution in [3.8, 4) is 0 Å². The van der Waals surface area contributed by atoms with Gasteiger partial charge in [0.25, 0.3) is 5.56 Å². The average molecular weight is 282 g/mol. The molecule has 6 heteroatoms. The van der Waals surface area contributed by atoms with Gasteiger partial charge in [-0.3, -0.25) is 4.79 Å². The normalized spacial score (nSPS) is 21.2. The minimum atomic E-state index is -0.458. The van der Waals surface area contributed by atoms with Crippen LogP contribution in [0.2, 0.25) is 5.15 Å². The van der Waals surface area contributed by atoms with Crippen LogP contribution in [-0.2, 0) is 9.31 Å². The third-order valence-electron chi connectivity index (χ3n) is 3.61. The third kappa shape index (κ3) is 2.94. The Morgan fingerprint density at radius 2 is 1.79 bits per heavy atom. The van der Waals surface area contributed by atoms with Gasteiger partial charge in [-0.1, -0.05) is 23.7 Å². The standard InChI is InChI=1S/C13H17BClNO3/c1-12(2)13(3,4)19-14(18-12)8-7-9-5-6-10(15)16-11(9)17/h5-8H,1-4H3,(H,16,17)/b8-7+. The minimum absolute atomic E-state index is 0.236. The first-order valence-electron chi connectivity index (χ1n) is 6.14. The van der Waals surface area contributed by atoms with Crippen LogP contribution >= 0.6 is 11.6 Å². The van der Waals surface area contributed by atoms with Crippen molar-refractivity contribution in [1.82, 2.24) is 4.98 Å². The molecule has 102 valence electrons. The first-order chi connectivity index (χ1) is 8.71. The number of aromatic nitrogens is 1.